The van der Waals surface area contributed by atoms with Gasteiger partial charge in [0.05, 0.1) is 0 Å². The number of nitrogens with zero attached hydrogens (tertiary/aromatic N) is 1. The van der Waals surface area contributed by atoms with Crippen LogP contribution in [0.1, 0.15) is 42.4 Å². The minimum atomic E-state index is 0.529. The van der Waals surface area contributed by atoms with Crippen LogP contribution in [0.3, 0.4) is 0 Å². The van der Waals surface area contributed by atoms with E-state index in [-0.39, 0.29) is 0 Å². The molecule has 0 heterocycles. The van der Waals surface area contributed by atoms with Crippen LogP contribution in [0.4, 0.5) is 17.1 Å². The van der Waals surface area contributed by atoms with E-state index < -0.39 is 0 Å². The second-order valence-electron chi connectivity index (χ2n) is 9.47. The summed E-state index contributed by atoms with van der Waals surface area (Å²) >= 11 is 0. The van der Waals surface area contributed by atoms with Crippen LogP contribution in [-0.2, 0) is 6.42 Å². The molecule has 0 aliphatic carbocycles. The van der Waals surface area contributed by atoms with E-state index in [1.807, 2.05) is 0 Å². The van der Waals surface area contributed by atoms with E-state index in [0.29, 0.717) is 5.92 Å². The number of hydrogen-bond donors (Lipinski definition) is 0. The average Bonchev–Trinajstić information content (AvgIpc) is 2.90. The Morgan fingerprint density at radius 3 is 2.03 bits per heavy atom. The molecular weight excluding hydrogens is 422 g/mol. The number of aryl methyl sites for hydroxylation is 1. The van der Waals surface area contributed by atoms with Gasteiger partial charge in [-0.3, -0.25) is 0 Å². The zero-order valence-corrected chi connectivity index (χ0v) is 20.7. The Kier molecular flexibility index (Phi) is 6.95. The lowest BCUT2D eigenvalue weighted by Crippen LogP contribution is -2.10. The summed E-state index contributed by atoms with van der Waals surface area (Å²) in [5.74, 6) is 0.529. The summed E-state index contributed by atoms with van der Waals surface area (Å²) in [6.07, 6.45) is 3.47. The average molecular weight is 456 g/mol. The third-order valence-corrected chi connectivity index (χ3v) is 6.83. The first kappa shape index (κ1) is 22.9. The van der Waals surface area contributed by atoms with Gasteiger partial charge in [-0.2, -0.15) is 0 Å². The predicted octanol–water partition coefficient (Wildman–Crippen LogP) is 9.74. The molecule has 5 aromatic rings. The molecule has 0 bridgehead atoms. The van der Waals surface area contributed by atoms with Crippen molar-refractivity contribution in [2.45, 2.75) is 39.0 Å². The summed E-state index contributed by atoms with van der Waals surface area (Å²) in [5, 5.41) is 2.52. The van der Waals surface area contributed by atoms with Gasteiger partial charge in [0.15, 0.2) is 0 Å². The fourth-order valence-electron chi connectivity index (χ4n) is 5.09. The highest BCUT2D eigenvalue weighted by molar-refractivity contribution is 5.89. The van der Waals surface area contributed by atoms with E-state index in [0.717, 1.165) is 6.42 Å². The Balaban J connectivity index is 1.49. The summed E-state index contributed by atoms with van der Waals surface area (Å²) in [4.78, 5) is 2.35. The monoisotopic (exact) mass is 455 g/mol. The molecule has 0 aliphatic heterocycles. The van der Waals surface area contributed by atoms with Gasteiger partial charge < -0.3 is 4.90 Å². The fraction of sp³-hybridized carbons (Fsp3) is 0.176. The molecule has 0 aliphatic rings. The molecule has 0 saturated heterocycles. The lowest BCUT2D eigenvalue weighted by atomic mass is 9.88. The fourth-order valence-corrected chi connectivity index (χ4v) is 5.09. The summed E-state index contributed by atoms with van der Waals surface area (Å²) in [5.41, 5.74) is 7.70. The maximum atomic E-state index is 2.35. The van der Waals surface area contributed by atoms with Crippen molar-refractivity contribution in [2.24, 2.45) is 0 Å². The van der Waals surface area contributed by atoms with Gasteiger partial charge in [-0.25, -0.2) is 0 Å². The van der Waals surface area contributed by atoms with Crippen LogP contribution in [0.25, 0.3) is 10.8 Å². The quantitative estimate of drug-likeness (QED) is 0.225. The highest BCUT2D eigenvalue weighted by Gasteiger charge is 2.16. The van der Waals surface area contributed by atoms with Crippen molar-refractivity contribution in [3.05, 3.63) is 138 Å². The molecule has 0 spiro atoms. The third kappa shape index (κ3) is 5.30. The molecule has 5 aromatic carbocycles. The predicted molar refractivity (Wildman–Crippen MR) is 151 cm³/mol. The molecular formula is C34H33N. The third-order valence-electron chi connectivity index (χ3n) is 6.83. The second-order valence-corrected chi connectivity index (χ2v) is 9.47. The normalized spacial score (nSPS) is 11.9. The minimum Gasteiger partial charge on any atom is -0.310 e. The van der Waals surface area contributed by atoms with E-state index in [9.17, 15) is 0 Å². The Labute approximate surface area is 209 Å². The Morgan fingerprint density at radius 1 is 0.600 bits per heavy atom. The summed E-state index contributed by atoms with van der Waals surface area (Å²) < 4.78 is 0. The largest absolute Gasteiger partial charge is 0.310 e. The van der Waals surface area contributed by atoms with Gasteiger partial charge in [0.2, 0.25) is 0 Å². The second kappa shape index (κ2) is 10.6. The maximum absolute atomic E-state index is 2.35. The SMILES string of the molecule is CCCC(Cc1cccc(C)c1)c1ccc(N(c2ccccc2)c2ccc3ccccc3c2)cc1. The molecule has 1 unspecified atom stereocenters. The Bertz CT molecular complexity index is 1390. The molecule has 1 atom stereocenters. The zero-order valence-electron chi connectivity index (χ0n) is 20.7. The van der Waals surface area contributed by atoms with E-state index in [4.69, 9.17) is 0 Å². The van der Waals surface area contributed by atoms with E-state index in [2.05, 4.69) is 140 Å². The van der Waals surface area contributed by atoms with Crippen LogP contribution < -0.4 is 4.90 Å². The summed E-state index contributed by atoms with van der Waals surface area (Å²) in [6.45, 7) is 4.46. The molecule has 0 N–H and O–H groups in total. The molecule has 0 radical (unpaired) electrons. The van der Waals surface area contributed by atoms with Crippen molar-refractivity contribution in [1.82, 2.24) is 0 Å². The maximum Gasteiger partial charge on any atom is 0.0468 e. The number of hydrogen-bond acceptors (Lipinski definition) is 1. The molecule has 0 fully saturated rings. The van der Waals surface area contributed by atoms with Gasteiger partial charge in [0.25, 0.3) is 0 Å². The topological polar surface area (TPSA) is 3.24 Å². The minimum absolute atomic E-state index is 0.529. The summed E-state index contributed by atoms with van der Waals surface area (Å²) in [6, 6.07) is 44.1. The number of anilines is 3. The standard InChI is InChI=1S/C34H33N/c1-3-10-30(24-27-12-9-11-26(2)23-27)29-17-20-33(21-18-29)35(32-15-5-4-6-16-32)34-22-19-28-13-7-8-14-31(28)25-34/h4-9,11-23,25,30H,3,10,24H2,1-2H3. The van der Waals surface area contributed by atoms with Crippen molar-refractivity contribution in [3.8, 4) is 0 Å². The van der Waals surface area contributed by atoms with Gasteiger partial charge in [0.1, 0.15) is 0 Å². The zero-order chi connectivity index (χ0) is 24.0. The highest BCUT2D eigenvalue weighted by atomic mass is 15.1. The van der Waals surface area contributed by atoms with Crippen molar-refractivity contribution in [1.29, 1.82) is 0 Å². The molecule has 174 valence electrons. The van der Waals surface area contributed by atoms with E-state index in [1.54, 1.807) is 0 Å². The number of rotatable bonds is 8. The molecule has 5 rings (SSSR count). The molecule has 0 amide bonds. The van der Waals surface area contributed by atoms with Crippen molar-refractivity contribution in [2.75, 3.05) is 4.90 Å². The lowest BCUT2D eigenvalue weighted by molar-refractivity contribution is 0.610. The molecule has 0 aromatic heterocycles. The van der Waals surface area contributed by atoms with Crippen molar-refractivity contribution < 1.29 is 0 Å². The molecule has 1 heteroatoms. The van der Waals surface area contributed by atoms with Gasteiger partial charge in [0, 0.05) is 17.1 Å². The Hall–Kier alpha value is -3.84. The van der Waals surface area contributed by atoms with Crippen LogP contribution in [-0.4, -0.2) is 0 Å². The first-order chi connectivity index (χ1) is 17.2. The van der Waals surface area contributed by atoms with Crippen molar-refractivity contribution in [3.63, 3.8) is 0 Å². The van der Waals surface area contributed by atoms with Crippen molar-refractivity contribution >= 4 is 27.8 Å². The number of benzene rings is 5. The van der Waals surface area contributed by atoms with E-state index >= 15 is 0 Å². The number of para-hydroxylation sites is 1. The first-order valence-electron chi connectivity index (χ1n) is 12.7. The van der Waals surface area contributed by atoms with Crippen LogP contribution in [0.2, 0.25) is 0 Å². The summed E-state index contributed by atoms with van der Waals surface area (Å²) in [7, 11) is 0. The van der Waals surface area contributed by atoms with Gasteiger partial charge in [-0.15, -0.1) is 0 Å². The smallest absolute Gasteiger partial charge is 0.0468 e. The van der Waals surface area contributed by atoms with Crippen LogP contribution in [0.15, 0.2) is 121 Å². The molecule has 1 nitrogen and oxygen atoms in total. The Morgan fingerprint density at radius 2 is 1.29 bits per heavy atom. The van der Waals surface area contributed by atoms with Crippen LogP contribution in [0.5, 0.6) is 0 Å². The molecule has 35 heavy (non-hydrogen) atoms. The highest BCUT2D eigenvalue weighted by Crippen LogP contribution is 2.37. The van der Waals surface area contributed by atoms with Gasteiger partial charge in [-0.05, 0) is 84.0 Å². The van der Waals surface area contributed by atoms with Gasteiger partial charge in [-0.1, -0.05) is 104 Å². The lowest BCUT2D eigenvalue weighted by Gasteiger charge is -2.26. The first-order valence-corrected chi connectivity index (χ1v) is 12.7. The van der Waals surface area contributed by atoms with E-state index in [1.165, 1.54) is 57.4 Å². The molecule has 0 saturated carbocycles. The van der Waals surface area contributed by atoms with Crippen LogP contribution >= 0.6 is 0 Å². The van der Waals surface area contributed by atoms with Crippen LogP contribution in [0, 0.1) is 6.92 Å². The number of fused-ring (bicyclic) bond motifs is 1. The van der Waals surface area contributed by atoms with Gasteiger partial charge >= 0.3 is 0 Å².